The fraction of sp³-hybridized carbons (Fsp3) is 0.333. The Kier molecular flexibility index (Phi) is 8.53. The van der Waals surface area contributed by atoms with Gasteiger partial charge in [0.1, 0.15) is 30.1 Å². The largest absolute Gasteiger partial charge is 0.490 e. The summed E-state index contributed by atoms with van der Waals surface area (Å²) in [5.41, 5.74) is 8.10. The highest BCUT2D eigenvalue weighted by molar-refractivity contribution is 7.98. The third-order valence-electron chi connectivity index (χ3n) is 5.37. The summed E-state index contributed by atoms with van der Waals surface area (Å²) >= 11 is 1.58. The quantitative estimate of drug-likeness (QED) is 0.142. The lowest BCUT2D eigenvalue weighted by Crippen LogP contribution is -2.26. The van der Waals surface area contributed by atoms with E-state index in [4.69, 9.17) is 20.3 Å². The van der Waals surface area contributed by atoms with Gasteiger partial charge in [-0.3, -0.25) is 4.52 Å². The molecule has 1 saturated heterocycles. The Morgan fingerprint density at radius 3 is 2.42 bits per heavy atom. The van der Waals surface area contributed by atoms with Crippen molar-refractivity contribution < 1.29 is 56.3 Å². The number of nitrogens with zero attached hydrogens (tertiary/aromatic N) is 3. The Morgan fingerprint density at radius 2 is 1.79 bits per heavy atom. The van der Waals surface area contributed by atoms with E-state index in [-0.39, 0.29) is 12.2 Å². The van der Waals surface area contributed by atoms with Crippen LogP contribution < -0.4 is 5.73 Å². The molecular formula is C18H23N4O12P3S. The average molecular weight is 612 g/mol. The highest BCUT2D eigenvalue weighted by Gasteiger charge is 2.43. The van der Waals surface area contributed by atoms with Crippen LogP contribution in [-0.4, -0.2) is 64.3 Å². The number of hydrogen-bond donors (Lipinski definition) is 6. The van der Waals surface area contributed by atoms with E-state index < -0.39 is 48.5 Å². The van der Waals surface area contributed by atoms with Crippen molar-refractivity contribution in [3.8, 4) is 11.1 Å². The number of nitrogen functional groups attached to an aromatic ring is 1. The number of benzene rings is 1. The monoisotopic (exact) mass is 612 g/mol. The molecule has 7 N–H and O–H groups in total. The van der Waals surface area contributed by atoms with Gasteiger partial charge in [0.2, 0.25) is 0 Å². The van der Waals surface area contributed by atoms with Crippen LogP contribution in [0.25, 0.3) is 22.2 Å². The first kappa shape index (κ1) is 29.3. The number of phosphoric acid groups is 3. The van der Waals surface area contributed by atoms with Crippen LogP contribution in [0.15, 0.2) is 41.7 Å². The molecule has 1 aromatic carbocycles. The van der Waals surface area contributed by atoms with E-state index >= 15 is 0 Å². The molecule has 0 amide bonds. The van der Waals surface area contributed by atoms with Crippen LogP contribution in [0.1, 0.15) is 12.6 Å². The zero-order chi connectivity index (χ0) is 27.9. The van der Waals surface area contributed by atoms with Gasteiger partial charge < -0.3 is 39.7 Å². The maximum atomic E-state index is 12.0. The van der Waals surface area contributed by atoms with E-state index in [1.165, 1.54) is 6.33 Å². The summed E-state index contributed by atoms with van der Waals surface area (Å²) in [4.78, 5) is 45.6. The van der Waals surface area contributed by atoms with Gasteiger partial charge in [0.05, 0.1) is 18.1 Å². The summed E-state index contributed by atoms with van der Waals surface area (Å²) in [6.45, 7) is -0.791. The minimum atomic E-state index is -5.67. The Morgan fingerprint density at radius 1 is 1.11 bits per heavy atom. The molecule has 0 bridgehead atoms. The first-order valence-electron chi connectivity index (χ1n) is 10.6. The molecule has 0 radical (unpaired) electrons. The van der Waals surface area contributed by atoms with Gasteiger partial charge >= 0.3 is 23.5 Å². The van der Waals surface area contributed by atoms with Crippen molar-refractivity contribution in [2.45, 2.75) is 29.8 Å². The van der Waals surface area contributed by atoms with E-state index in [0.717, 1.165) is 10.5 Å². The van der Waals surface area contributed by atoms with Crippen LogP contribution in [0, 0.1) is 0 Å². The lowest BCUT2D eigenvalue weighted by molar-refractivity contribution is -0.0421. The van der Waals surface area contributed by atoms with Crippen molar-refractivity contribution in [1.82, 2.24) is 14.5 Å². The maximum Gasteiger partial charge on any atom is 0.490 e. The van der Waals surface area contributed by atoms with Gasteiger partial charge in [-0.15, -0.1) is 11.8 Å². The molecule has 1 aliphatic rings. The molecule has 3 aromatic rings. The number of aliphatic hydroxyl groups excluding tert-OH is 1. The van der Waals surface area contributed by atoms with Crippen molar-refractivity contribution in [3.63, 3.8) is 0 Å². The first-order valence-corrected chi connectivity index (χ1v) is 16.3. The number of fused-ring (bicyclic) bond motifs is 1. The van der Waals surface area contributed by atoms with Crippen LogP contribution in [0.3, 0.4) is 0 Å². The summed E-state index contributed by atoms with van der Waals surface area (Å²) in [6.07, 6.45) is 1.72. The zero-order valence-electron chi connectivity index (χ0n) is 19.4. The first-order chi connectivity index (χ1) is 17.7. The summed E-state index contributed by atoms with van der Waals surface area (Å²) in [6, 6.07) is 7.70. The number of thioether (sulfide) groups is 1. The van der Waals surface area contributed by atoms with Gasteiger partial charge in [0, 0.05) is 23.1 Å². The molecule has 208 valence electrons. The van der Waals surface area contributed by atoms with Gasteiger partial charge in [-0.25, -0.2) is 23.7 Å². The number of anilines is 1. The zero-order valence-corrected chi connectivity index (χ0v) is 22.9. The minimum absolute atomic E-state index is 0.00294. The molecule has 1 fully saturated rings. The second kappa shape index (κ2) is 11.1. The number of rotatable bonds is 10. The van der Waals surface area contributed by atoms with Crippen molar-refractivity contribution in [2.24, 2.45) is 0 Å². The molecular weight excluding hydrogens is 589 g/mol. The molecule has 0 spiro atoms. The summed E-state index contributed by atoms with van der Waals surface area (Å²) in [7, 11) is -16.6. The number of aliphatic hydroxyl groups is 1. The van der Waals surface area contributed by atoms with Crippen LogP contribution in [0.5, 0.6) is 0 Å². The van der Waals surface area contributed by atoms with Gasteiger partial charge in [0.15, 0.2) is 0 Å². The summed E-state index contributed by atoms with van der Waals surface area (Å²) < 4.78 is 53.7. The Hall–Kier alpha value is -1.68. The average Bonchev–Trinajstić information content (AvgIpc) is 3.37. The van der Waals surface area contributed by atoms with Crippen molar-refractivity contribution >= 4 is 52.1 Å². The maximum absolute atomic E-state index is 12.0. The molecule has 4 rings (SSSR count). The molecule has 5 atom stereocenters. The Labute approximate surface area is 219 Å². The fourth-order valence-corrected chi connectivity index (χ4v) is 7.26. The second-order valence-corrected chi connectivity index (χ2v) is 13.3. The molecule has 3 heterocycles. The lowest BCUT2D eigenvalue weighted by atomic mass is 10.1. The van der Waals surface area contributed by atoms with Crippen molar-refractivity contribution in [3.05, 3.63) is 36.8 Å². The molecule has 0 aliphatic carbocycles. The standard InChI is InChI=1S/C18H23N4O12P3S/c1-38-11-4-2-10(3-5-11)12-7-22(18-16(12)17(19)20-9-21-18)15-6-13(23)14(32-15)8-31-36(27,28)34-37(29,30)33-35(24,25)26/h2-5,7,9,13-15,23H,6,8H2,1H3,(H,27,28)(H,29,30)(H2,19,20,21)(H2,24,25,26)/t13-,14+,15+/m0/s1. The second-order valence-electron chi connectivity index (χ2n) is 7.96. The summed E-state index contributed by atoms with van der Waals surface area (Å²) in [5.74, 6) is 0.223. The molecule has 2 aromatic heterocycles. The molecule has 0 saturated carbocycles. The lowest BCUT2D eigenvalue weighted by Gasteiger charge is -2.19. The number of hydrogen-bond acceptors (Lipinski definition) is 12. The predicted octanol–water partition coefficient (Wildman–Crippen LogP) is 2.39. The van der Waals surface area contributed by atoms with Gasteiger partial charge in [-0.05, 0) is 24.0 Å². The SMILES string of the molecule is CSc1ccc(-c2cn([C@H]3C[C@H](O)[C@@H](COP(=O)(O)OP(=O)(O)OP(=O)(O)O)O3)c3ncnc(N)c23)cc1. The third-order valence-corrected chi connectivity index (χ3v) is 9.92. The Balaban J connectivity index is 1.53. The van der Waals surface area contributed by atoms with Crippen LogP contribution >= 0.6 is 35.2 Å². The normalized spacial score (nSPS) is 23.4. The highest BCUT2D eigenvalue weighted by atomic mass is 32.2. The van der Waals surface area contributed by atoms with E-state index in [1.807, 2.05) is 30.5 Å². The van der Waals surface area contributed by atoms with Crippen LogP contribution in [-0.2, 0) is 31.6 Å². The van der Waals surface area contributed by atoms with Crippen molar-refractivity contribution in [2.75, 3.05) is 18.6 Å². The molecule has 16 nitrogen and oxygen atoms in total. The number of phosphoric ester groups is 1. The molecule has 1 aliphatic heterocycles. The Bertz CT molecular complexity index is 1460. The van der Waals surface area contributed by atoms with E-state index in [0.29, 0.717) is 16.6 Å². The molecule has 38 heavy (non-hydrogen) atoms. The third kappa shape index (κ3) is 6.90. The van der Waals surface area contributed by atoms with E-state index in [1.54, 1.807) is 22.5 Å². The van der Waals surface area contributed by atoms with E-state index in [2.05, 4.69) is 23.1 Å². The predicted molar refractivity (Wildman–Crippen MR) is 134 cm³/mol. The molecule has 20 heteroatoms. The van der Waals surface area contributed by atoms with Gasteiger partial charge in [-0.1, -0.05) is 12.1 Å². The topological polar surface area (TPSA) is 246 Å². The highest BCUT2D eigenvalue weighted by Crippen LogP contribution is 2.66. The number of nitrogens with two attached hydrogens (primary N) is 1. The fourth-order valence-electron chi connectivity index (χ4n) is 3.82. The molecule has 2 unspecified atom stereocenters. The summed E-state index contributed by atoms with van der Waals surface area (Å²) in [5, 5.41) is 11.0. The minimum Gasteiger partial charge on any atom is -0.390 e. The van der Waals surface area contributed by atoms with Crippen LogP contribution in [0.4, 0.5) is 5.82 Å². The number of ether oxygens (including phenoxy) is 1. The van der Waals surface area contributed by atoms with Gasteiger partial charge in [0.25, 0.3) is 0 Å². The van der Waals surface area contributed by atoms with Gasteiger partial charge in [-0.2, -0.15) is 8.62 Å². The smallest absolute Gasteiger partial charge is 0.390 e. The number of aromatic nitrogens is 3. The van der Waals surface area contributed by atoms with Crippen LogP contribution in [0.2, 0.25) is 0 Å². The van der Waals surface area contributed by atoms with E-state index in [9.17, 15) is 28.6 Å². The van der Waals surface area contributed by atoms with Crippen molar-refractivity contribution in [1.29, 1.82) is 0 Å².